The first-order valence-electron chi connectivity index (χ1n) is 7.87. The summed E-state index contributed by atoms with van der Waals surface area (Å²) in [6.45, 7) is 0.357. The second-order valence-corrected chi connectivity index (χ2v) is 5.92. The Morgan fingerprint density at radius 3 is 2.64 bits per heavy atom. The zero-order chi connectivity index (χ0) is 17.6. The lowest BCUT2D eigenvalue weighted by atomic mass is 10.1. The van der Waals surface area contributed by atoms with Gasteiger partial charge in [0, 0.05) is 22.3 Å². The van der Waals surface area contributed by atoms with Crippen LogP contribution in [-0.4, -0.2) is 19.6 Å². The summed E-state index contributed by atoms with van der Waals surface area (Å²) < 4.78 is 10.8. The van der Waals surface area contributed by atoms with Gasteiger partial charge in [0.2, 0.25) is 0 Å². The van der Waals surface area contributed by atoms with E-state index in [-0.39, 0.29) is 12.5 Å². The number of rotatable bonds is 6. The Labute approximate surface area is 151 Å². The van der Waals surface area contributed by atoms with Crippen molar-refractivity contribution in [3.63, 3.8) is 0 Å². The second-order valence-electron chi connectivity index (χ2n) is 5.51. The highest BCUT2D eigenvalue weighted by Gasteiger charge is 2.08. The molecule has 0 aliphatic heterocycles. The van der Waals surface area contributed by atoms with Crippen molar-refractivity contribution in [3.8, 4) is 11.5 Å². The minimum atomic E-state index is -0.193. The van der Waals surface area contributed by atoms with Crippen molar-refractivity contribution in [2.45, 2.75) is 6.54 Å². The molecule has 3 aromatic rings. The Hall–Kier alpha value is -2.72. The standard InChI is InChI=1S/C20H18ClNO3/c1-24-15-6-4-5-14(11-15)12-22-20(23)13-25-19-10-9-18(21)16-7-2-3-8-17(16)19/h2-11H,12-13H2,1H3,(H,22,23). The molecule has 3 aromatic carbocycles. The SMILES string of the molecule is COc1cccc(CNC(=O)COc2ccc(Cl)c3ccccc23)c1. The first-order valence-corrected chi connectivity index (χ1v) is 8.25. The van der Waals surface area contributed by atoms with Gasteiger partial charge in [-0.2, -0.15) is 0 Å². The molecular weight excluding hydrogens is 338 g/mol. The van der Waals surface area contributed by atoms with E-state index < -0.39 is 0 Å². The summed E-state index contributed by atoms with van der Waals surface area (Å²) in [5.41, 5.74) is 0.963. The number of halogens is 1. The predicted molar refractivity (Wildman–Crippen MR) is 99.3 cm³/mol. The Bertz CT molecular complexity index is 895. The molecule has 0 saturated carbocycles. The Morgan fingerprint density at radius 1 is 1.04 bits per heavy atom. The molecule has 4 nitrogen and oxygen atoms in total. The molecular formula is C20H18ClNO3. The van der Waals surface area contributed by atoms with Crippen LogP contribution in [0, 0.1) is 0 Å². The van der Waals surface area contributed by atoms with Crippen molar-refractivity contribution >= 4 is 28.3 Å². The molecule has 0 atom stereocenters. The molecule has 0 aliphatic carbocycles. The first-order chi connectivity index (χ1) is 12.2. The van der Waals surface area contributed by atoms with Crippen LogP contribution in [-0.2, 0) is 11.3 Å². The van der Waals surface area contributed by atoms with Crippen molar-refractivity contribution in [2.24, 2.45) is 0 Å². The zero-order valence-corrected chi connectivity index (χ0v) is 14.5. The molecule has 0 aromatic heterocycles. The number of hydrogen-bond acceptors (Lipinski definition) is 3. The second kappa shape index (κ2) is 7.90. The van der Waals surface area contributed by atoms with Gasteiger partial charge in [-0.25, -0.2) is 0 Å². The summed E-state index contributed by atoms with van der Waals surface area (Å²) in [6, 6.07) is 18.8. The average molecular weight is 356 g/mol. The van der Waals surface area contributed by atoms with Crippen molar-refractivity contribution in [1.82, 2.24) is 5.32 Å². The largest absolute Gasteiger partial charge is 0.497 e. The van der Waals surface area contributed by atoms with Crippen LogP contribution in [0.5, 0.6) is 11.5 Å². The van der Waals surface area contributed by atoms with Crippen LogP contribution < -0.4 is 14.8 Å². The molecule has 0 spiro atoms. The number of benzene rings is 3. The van der Waals surface area contributed by atoms with Gasteiger partial charge in [0.1, 0.15) is 11.5 Å². The quantitative estimate of drug-likeness (QED) is 0.721. The van der Waals surface area contributed by atoms with E-state index >= 15 is 0 Å². The fraction of sp³-hybridized carbons (Fsp3) is 0.150. The maximum absolute atomic E-state index is 12.1. The average Bonchev–Trinajstić information content (AvgIpc) is 2.66. The number of nitrogens with one attached hydrogen (secondary N) is 1. The molecule has 1 N–H and O–H groups in total. The Balaban J connectivity index is 1.60. The summed E-state index contributed by atoms with van der Waals surface area (Å²) in [5.74, 6) is 1.20. The van der Waals surface area contributed by atoms with Crippen LogP contribution in [0.2, 0.25) is 5.02 Å². The third kappa shape index (κ3) is 4.22. The minimum Gasteiger partial charge on any atom is -0.497 e. The lowest BCUT2D eigenvalue weighted by Crippen LogP contribution is -2.28. The third-order valence-electron chi connectivity index (χ3n) is 3.81. The molecule has 25 heavy (non-hydrogen) atoms. The highest BCUT2D eigenvalue weighted by molar-refractivity contribution is 6.35. The number of amides is 1. The van der Waals surface area contributed by atoms with E-state index in [0.717, 1.165) is 22.1 Å². The number of carbonyl (C=O) groups is 1. The van der Waals surface area contributed by atoms with Crippen LogP contribution in [0.3, 0.4) is 0 Å². The normalized spacial score (nSPS) is 10.5. The van der Waals surface area contributed by atoms with E-state index in [9.17, 15) is 4.79 Å². The van der Waals surface area contributed by atoms with Gasteiger partial charge in [-0.15, -0.1) is 0 Å². The zero-order valence-electron chi connectivity index (χ0n) is 13.8. The predicted octanol–water partition coefficient (Wildman–Crippen LogP) is 4.20. The summed E-state index contributed by atoms with van der Waals surface area (Å²) in [5, 5.41) is 5.28. The van der Waals surface area contributed by atoms with Crippen LogP contribution in [0.4, 0.5) is 0 Å². The van der Waals surface area contributed by atoms with Crippen LogP contribution >= 0.6 is 11.6 Å². The number of hydrogen-bond donors (Lipinski definition) is 1. The fourth-order valence-corrected chi connectivity index (χ4v) is 2.77. The van der Waals surface area contributed by atoms with Gasteiger partial charge in [-0.05, 0) is 29.8 Å². The van der Waals surface area contributed by atoms with Gasteiger partial charge in [0.15, 0.2) is 6.61 Å². The van der Waals surface area contributed by atoms with E-state index in [4.69, 9.17) is 21.1 Å². The third-order valence-corrected chi connectivity index (χ3v) is 4.14. The summed E-state index contributed by atoms with van der Waals surface area (Å²) in [6.07, 6.45) is 0. The van der Waals surface area contributed by atoms with E-state index in [2.05, 4.69) is 5.32 Å². The van der Waals surface area contributed by atoms with Crippen LogP contribution in [0.15, 0.2) is 60.7 Å². The maximum atomic E-state index is 12.1. The minimum absolute atomic E-state index is 0.0599. The topological polar surface area (TPSA) is 47.6 Å². The van der Waals surface area contributed by atoms with Gasteiger partial charge in [0.05, 0.1) is 7.11 Å². The molecule has 3 rings (SSSR count). The summed E-state index contributed by atoms with van der Waals surface area (Å²) in [7, 11) is 1.61. The van der Waals surface area contributed by atoms with Gasteiger partial charge in [0.25, 0.3) is 5.91 Å². The van der Waals surface area contributed by atoms with Crippen molar-refractivity contribution < 1.29 is 14.3 Å². The van der Waals surface area contributed by atoms with Crippen molar-refractivity contribution in [3.05, 3.63) is 71.2 Å². The summed E-state index contributed by atoms with van der Waals surface area (Å²) in [4.78, 5) is 12.1. The number of ether oxygens (including phenoxy) is 2. The van der Waals surface area contributed by atoms with Crippen molar-refractivity contribution in [2.75, 3.05) is 13.7 Å². The molecule has 0 heterocycles. The highest BCUT2D eigenvalue weighted by Crippen LogP contribution is 2.31. The van der Waals surface area contributed by atoms with Gasteiger partial charge in [-0.1, -0.05) is 48.0 Å². The molecule has 0 saturated heterocycles. The molecule has 128 valence electrons. The monoisotopic (exact) mass is 355 g/mol. The highest BCUT2D eigenvalue weighted by atomic mass is 35.5. The maximum Gasteiger partial charge on any atom is 0.258 e. The van der Waals surface area contributed by atoms with Gasteiger partial charge in [-0.3, -0.25) is 4.79 Å². The Kier molecular flexibility index (Phi) is 5.41. The lowest BCUT2D eigenvalue weighted by Gasteiger charge is -2.11. The van der Waals surface area contributed by atoms with E-state index in [1.165, 1.54) is 0 Å². The first kappa shape index (κ1) is 17.1. The van der Waals surface area contributed by atoms with Gasteiger partial charge >= 0.3 is 0 Å². The van der Waals surface area contributed by atoms with Crippen LogP contribution in [0.1, 0.15) is 5.56 Å². The molecule has 0 radical (unpaired) electrons. The van der Waals surface area contributed by atoms with Crippen LogP contribution in [0.25, 0.3) is 10.8 Å². The summed E-state index contributed by atoms with van der Waals surface area (Å²) >= 11 is 6.19. The smallest absolute Gasteiger partial charge is 0.258 e. The van der Waals surface area contributed by atoms with Crippen molar-refractivity contribution in [1.29, 1.82) is 0 Å². The molecule has 0 unspecified atom stereocenters. The number of methoxy groups -OCH3 is 1. The molecule has 5 heteroatoms. The Morgan fingerprint density at radius 2 is 1.84 bits per heavy atom. The number of fused-ring (bicyclic) bond motifs is 1. The molecule has 1 amide bonds. The van der Waals surface area contributed by atoms with Gasteiger partial charge < -0.3 is 14.8 Å². The lowest BCUT2D eigenvalue weighted by molar-refractivity contribution is -0.123. The molecule has 0 aliphatic rings. The molecule has 0 bridgehead atoms. The van der Waals surface area contributed by atoms with E-state index in [1.807, 2.05) is 48.5 Å². The molecule has 0 fully saturated rings. The van der Waals surface area contributed by atoms with E-state index in [0.29, 0.717) is 17.3 Å². The van der Waals surface area contributed by atoms with E-state index in [1.54, 1.807) is 19.2 Å². The number of carbonyl (C=O) groups excluding carboxylic acids is 1. The fourth-order valence-electron chi connectivity index (χ4n) is 2.54.